The number of methoxy groups -OCH3 is 1. The maximum Gasteiger partial charge on any atom is 0.254 e. The number of carbonyl (C=O) groups is 1. The van der Waals surface area contributed by atoms with Gasteiger partial charge in [-0.3, -0.25) is 4.79 Å². The first-order chi connectivity index (χ1) is 10.1. The normalized spacial score (nSPS) is 10.2. The Morgan fingerprint density at radius 3 is 2.71 bits per heavy atom. The van der Waals surface area contributed by atoms with Gasteiger partial charge in [-0.25, -0.2) is 0 Å². The summed E-state index contributed by atoms with van der Waals surface area (Å²) in [7, 11) is 1.63. The van der Waals surface area contributed by atoms with Gasteiger partial charge in [0, 0.05) is 12.2 Å². The van der Waals surface area contributed by atoms with Crippen LogP contribution in [0.1, 0.15) is 15.9 Å². The number of nitrogens with one attached hydrogen (secondary N) is 1. The Labute approximate surface area is 128 Å². The van der Waals surface area contributed by atoms with Crippen molar-refractivity contribution >= 4 is 23.2 Å². The van der Waals surface area contributed by atoms with Crippen LogP contribution in [0.15, 0.2) is 42.5 Å². The van der Waals surface area contributed by atoms with Gasteiger partial charge >= 0.3 is 0 Å². The maximum absolute atomic E-state index is 12.1. The number of anilines is 1. The zero-order chi connectivity index (χ0) is 15.2. The predicted octanol–water partition coefficient (Wildman–Crippen LogP) is 2.90. The summed E-state index contributed by atoms with van der Waals surface area (Å²) in [5.74, 6) is 0.539. The zero-order valence-corrected chi connectivity index (χ0v) is 12.5. The molecule has 110 valence electrons. The fourth-order valence-corrected chi connectivity index (χ4v) is 2.36. The Kier molecular flexibility index (Phi) is 5.06. The minimum atomic E-state index is -0.270. The van der Waals surface area contributed by atoms with Crippen LogP contribution in [0.5, 0.6) is 5.75 Å². The highest BCUT2D eigenvalue weighted by molar-refractivity contribution is 6.34. The molecule has 0 atom stereocenters. The molecular weight excluding hydrogens is 288 g/mol. The van der Waals surface area contributed by atoms with E-state index in [1.54, 1.807) is 25.3 Å². The molecule has 0 radical (unpaired) electrons. The number of rotatable bonds is 5. The summed E-state index contributed by atoms with van der Waals surface area (Å²) in [6.07, 6.45) is 0.667. The van der Waals surface area contributed by atoms with Gasteiger partial charge in [-0.15, -0.1) is 0 Å². The van der Waals surface area contributed by atoms with E-state index in [0.717, 1.165) is 11.3 Å². The maximum atomic E-state index is 12.1. The summed E-state index contributed by atoms with van der Waals surface area (Å²) < 4.78 is 5.27. The van der Waals surface area contributed by atoms with E-state index in [0.29, 0.717) is 29.2 Å². The van der Waals surface area contributed by atoms with E-state index < -0.39 is 0 Å². The third-order valence-corrected chi connectivity index (χ3v) is 3.46. The van der Waals surface area contributed by atoms with Crippen LogP contribution in [0.3, 0.4) is 0 Å². The monoisotopic (exact) mass is 304 g/mol. The summed E-state index contributed by atoms with van der Waals surface area (Å²) in [6, 6.07) is 12.7. The zero-order valence-electron chi connectivity index (χ0n) is 11.7. The number of carbonyl (C=O) groups excluding carboxylic acids is 1. The Morgan fingerprint density at radius 1 is 1.24 bits per heavy atom. The fourth-order valence-electron chi connectivity index (χ4n) is 2.09. The Bertz CT molecular complexity index is 624. The molecule has 0 unspecified atom stereocenters. The number of amides is 1. The second kappa shape index (κ2) is 6.99. The van der Waals surface area contributed by atoms with E-state index in [2.05, 4.69) is 5.32 Å². The van der Waals surface area contributed by atoms with Gasteiger partial charge < -0.3 is 15.8 Å². The van der Waals surface area contributed by atoms with Gasteiger partial charge in [-0.2, -0.15) is 0 Å². The van der Waals surface area contributed by atoms with Crippen LogP contribution in [0, 0.1) is 0 Å². The summed E-state index contributed by atoms with van der Waals surface area (Å²) in [6.45, 7) is 0.476. The fraction of sp³-hybridized carbons (Fsp3) is 0.188. The molecule has 0 spiro atoms. The number of halogens is 1. The number of nitrogen functional groups attached to an aromatic ring is 1. The summed E-state index contributed by atoms with van der Waals surface area (Å²) in [4.78, 5) is 12.1. The van der Waals surface area contributed by atoms with Gasteiger partial charge in [0.25, 0.3) is 5.91 Å². The van der Waals surface area contributed by atoms with Crippen molar-refractivity contribution < 1.29 is 9.53 Å². The lowest BCUT2D eigenvalue weighted by atomic mass is 10.1. The molecule has 0 aromatic heterocycles. The third-order valence-electron chi connectivity index (χ3n) is 3.15. The van der Waals surface area contributed by atoms with Crippen molar-refractivity contribution in [2.24, 2.45) is 0 Å². The van der Waals surface area contributed by atoms with E-state index in [4.69, 9.17) is 22.1 Å². The molecule has 5 heteroatoms. The smallest absolute Gasteiger partial charge is 0.254 e. The molecule has 2 aromatic rings. The van der Waals surface area contributed by atoms with Gasteiger partial charge in [-0.1, -0.05) is 35.9 Å². The molecule has 0 saturated carbocycles. The Hall–Kier alpha value is -2.20. The molecule has 0 aliphatic heterocycles. The third kappa shape index (κ3) is 3.67. The SMILES string of the molecule is COc1ccccc1CCNC(=O)c1c(N)cccc1Cl. The van der Waals surface area contributed by atoms with E-state index in [-0.39, 0.29) is 5.91 Å². The molecule has 0 aliphatic rings. The Morgan fingerprint density at radius 2 is 2.00 bits per heavy atom. The molecule has 2 aromatic carbocycles. The molecule has 2 rings (SSSR count). The van der Waals surface area contributed by atoms with Crippen molar-refractivity contribution in [3.8, 4) is 5.75 Å². The molecule has 21 heavy (non-hydrogen) atoms. The molecule has 0 saturated heterocycles. The van der Waals surface area contributed by atoms with Crippen LogP contribution in [0.2, 0.25) is 5.02 Å². The van der Waals surface area contributed by atoms with E-state index >= 15 is 0 Å². The lowest BCUT2D eigenvalue weighted by Crippen LogP contribution is -2.26. The van der Waals surface area contributed by atoms with Gasteiger partial charge in [-0.05, 0) is 30.2 Å². The highest BCUT2D eigenvalue weighted by Gasteiger charge is 2.13. The average Bonchev–Trinajstić information content (AvgIpc) is 2.47. The lowest BCUT2D eigenvalue weighted by molar-refractivity contribution is 0.0955. The number of ether oxygens (including phenoxy) is 1. The predicted molar refractivity (Wildman–Crippen MR) is 84.9 cm³/mol. The number of benzene rings is 2. The van der Waals surface area contributed by atoms with E-state index in [1.165, 1.54) is 0 Å². The quantitative estimate of drug-likeness (QED) is 0.835. The van der Waals surface area contributed by atoms with Gasteiger partial charge in [0.2, 0.25) is 0 Å². The average molecular weight is 305 g/mol. The standard InChI is InChI=1S/C16H17ClN2O2/c1-21-14-8-3-2-5-11(14)9-10-19-16(20)15-12(17)6-4-7-13(15)18/h2-8H,9-10,18H2,1H3,(H,19,20). The Balaban J connectivity index is 1.99. The molecule has 0 fully saturated rings. The minimum absolute atomic E-state index is 0.270. The van der Waals surface area contributed by atoms with Crippen LogP contribution in [-0.2, 0) is 6.42 Å². The first-order valence-electron chi connectivity index (χ1n) is 6.57. The van der Waals surface area contributed by atoms with Gasteiger partial charge in [0.15, 0.2) is 0 Å². The van der Waals surface area contributed by atoms with Crippen molar-refractivity contribution in [1.29, 1.82) is 0 Å². The van der Waals surface area contributed by atoms with Crippen LogP contribution in [0.4, 0.5) is 5.69 Å². The van der Waals surface area contributed by atoms with Crippen molar-refractivity contribution in [2.75, 3.05) is 19.4 Å². The topological polar surface area (TPSA) is 64.3 Å². The molecular formula is C16H17ClN2O2. The molecule has 0 bridgehead atoms. The number of para-hydroxylation sites is 1. The molecule has 1 amide bonds. The van der Waals surface area contributed by atoms with Crippen LogP contribution in [0.25, 0.3) is 0 Å². The second-order valence-corrected chi connectivity index (χ2v) is 4.93. The summed E-state index contributed by atoms with van der Waals surface area (Å²) >= 11 is 6.01. The minimum Gasteiger partial charge on any atom is -0.496 e. The van der Waals surface area contributed by atoms with Crippen molar-refractivity contribution in [3.63, 3.8) is 0 Å². The first kappa shape index (κ1) is 15.2. The van der Waals surface area contributed by atoms with Crippen LogP contribution < -0.4 is 15.8 Å². The number of hydrogen-bond donors (Lipinski definition) is 2. The van der Waals surface area contributed by atoms with Crippen LogP contribution in [-0.4, -0.2) is 19.6 Å². The molecule has 0 aliphatic carbocycles. The van der Waals surface area contributed by atoms with E-state index in [1.807, 2.05) is 24.3 Å². The lowest BCUT2D eigenvalue weighted by Gasteiger charge is -2.11. The summed E-state index contributed by atoms with van der Waals surface area (Å²) in [5.41, 5.74) is 7.51. The second-order valence-electron chi connectivity index (χ2n) is 4.52. The highest BCUT2D eigenvalue weighted by atomic mass is 35.5. The van der Waals surface area contributed by atoms with Crippen LogP contribution >= 0.6 is 11.6 Å². The molecule has 4 nitrogen and oxygen atoms in total. The number of hydrogen-bond acceptors (Lipinski definition) is 3. The van der Waals surface area contributed by atoms with Crippen molar-refractivity contribution in [3.05, 3.63) is 58.6 Å². The highest BCUT2D eigenvalue weighted by Crippen LogP contribution is 2.22. The van der Waals surface area contributed by atoms with Gasteiger partial charge in [0.05, 0.1) is 17.7 Å². The number of nitrogens with two attached hydrogens (primary N) is 1. The summed E-state index contributed by atoms with van der Waals surface area (Å²) in [5, 5.41) is 3.17. The van der Waals surface area contributed by atoms with E-state index in [9.17, 15) is 4.79 Å². The van der Waals surface area contributed by atoms with Gasteiger partial charge in [0.1, 0.15) is 5.75 Å². The largest absolute Gasteiger partial charge is 0.496 e. The molecule has 0 heterocycles. The molecule has 3 N–H and O–H groups in total. The van der Waals surface area contributed by atoms with Crippen molar-refractivity contribution in [2.45, 2.75) is 6.42 Å². The van der Waals surface area contributed by atoms with Crippen molar-refractivity contribution in [1.82, 2.24) is 5.32 Å². The first-order valence-corrected chi connectivity index (χ1v) is 6.95.